The first-order chi connectivity index (χ1) is 12.0. The Bertz CT molecular complexity index is 688. The van der Waals surface area contributed by atoms with E-state index in [1.54, 1.807) is 32.9 Å². The highest BCUT2D eigenvalue weighted by molar-refractivity contribution is 6.30. The van der Waals surface area contributed by atoms with E-state index in [2.05, 4.69) is 0 Å². The Morgan fingerprint density at radius 2 is 1.88 bits per heavy atom. The van der Waals surface area contributed by atoms with Crippen molar-refractivity contribution in [2.45, 2.75) is 12.8 Å². The number of hydrogen-bond donors (Lipinski definition) is 1. The number of carbonyl (C=O) groups excluding carboxylic acids is 3. The van der Waals surface area contributed by atoms with Crippen LogP contribution in [-0.4, -0.2) is 60.4 Å². The van der Waals surface area contributed by atoms with Gasteiger partial charge in [0.15, 0.2) is 0 Å². The molecule has 0 atom stereocenters. The van der Waals surface area contributed by atoms with E-state index in [-0.39, 0.29) is 30.3 Å². The average molecular weight is 365 g/mol. The van der Waals surface area contributed by atoms with Gasteiger partial charge in [-0.25, -0.2) is 4.79 Å². The zero-order chi connectivity index (χ0) is 18.0. The molecular formula is C17H21ClN4O3. The van der Waals surface area contributed by atoms with E-state index in [0.717, 1.165) is 5.69 Å². The smallest absolute Gasteiger partial charge is 0.325 e. The molecule has 2 aliphatic rings. The predicted octanol–water partition coefficient (Wildman–Crippen LogP) is 1.31. The normalized spacial score (nSPS) is 18.8. The van der Waals surface area contributed by atoms with Crippen LogP contribution in [0.15, 0.2) is 24.3 Å². The molecule has 0 saturated carbocycles. The van der Waals surface area contributed by atoms with Crippen molar-refractivity contribution in [3.63, 3.8) is 0 Å². The van der Waals surface area contributed by atoms with Crippen LogP contribution in [0.2, 0.25) is 5.02 Å². The highest BCUT2D eigenvalue weighted by Gasteiger charge is 2.33. The van der Waals surface area contributed by atoms with Gasteiger partial charge < -0.3 is 15.5 Å². The minimum absolute atomic E-state index is 0.0527. The van der Waals surface area contributed by atoms with E-state index in [1.807, 2.05) is 6.07 Å². The minimum Gasteiger partial charge on any atom is -0.369 e. The lowest BCUT2D eigenvalue weighted by molar-refractivity contribution is -0.135. The number of primary amides is 1. The predicted molar refractivity (Wildman–Crippen MR) is 94.3 cm³/mol. The molecule has 2 N–H and O–H groups in total. The Labute approximate surface area is 151 Å². The van der Waals surface area contributed by atoms with Crippen LogP contribution in [0, 0.1) is 5.92 Å². The topological polar surface area (TPSA) is 86.9 Å². The Morgan fingerprint density at radius 1 is 1.16 bits per heavy atom. The van der Waals surface area contributed by atoms with E-state index in [1.165, 1.54) is 0 Å². The summed E-state index contributed by atoms with van der Waals surface area (Å²) in [6.45, 7) is 2.08. The molecule has 0 bridgehead atoms. The maximum atomic E-state index is 12.6. The average Bonchev–Trinajstić information content (AvgIpc) is 2.95. The molecule has 2 saturated heterocycles. The van der Waals surface area contributed by atoms with Gasteiger partial charge >= 0.3 is 6.03 Å². The summed E-state index contributed by atoms with van der Waals surface area (Å²) in [5.74, 6) is -0.556. The lowest BCUT2D eigenvalue weighted by atomic mass is 9.96. The lowest BCUT2D eigenvalue weighted by Gasteiger charge is -2.31. The van der Waals surface area contributed by atoms with Crippen LogP contribution in [0.4, 0.5) is 10.5 Å². The molecule has 0 radical (unpaired) electrons. The summed E-state index contributed by atoms with van der Waals surface area (Å²) < 4.78 is 0. The number of nitrogens with two attached hydrogens (primary N) is 1. The van der Waals surface area contributed by atoms with Crippen LogP contribution in [-0.2, 0) is 9.59 Å². The summed E-state index contributed by atoms with van der Waals surface area (Å²) in [5, 5.41) is 0.567. The zero-order valence-corrected chi connectivity index (χ0v) is 14.6. The number of likely N-dealkylation sites (tertiary alicyclic amines) is 1. The molecule has 0 aromatic heterocycles. The van der Waals surface area contributed by atoms with E-state index in [4.69, 9.17) is 17.3 Å². The van der Waals surface area contributed by atoms with Crippen molar-refractivity contribution in [3.8, 4) is 0 Å². The van der Waals surface area contributed by atoms with Gasteiger partial charge in [-0.15, -0.1) is 0 Å². The third kappa shape index (κ3) is 3.87. The van der Waals surface area contributed by atoms with Gasteiger partial charge in [-0.2, -0.15) is 0 Å². The third-order valence-electron chi connectivity index (χ3n) is 4.79. The van der Waals surface area contributed by atoms with Gasteiger partial charge in [0.05, 0.1) is 0 Å². The summed E-state index contributed by atoms with van der Waals surface area (Å²) in [7, 11) is 0. The molecule has 2 aliphatic heterocycles. The maximum Gasteiger partial charge on any atom is 0.325 e. The first kappa shape index (κ1) is 17.5. The van der Waals surface area contributed by atoms with Crippen LogP contribution < -0.4 is 10.6 Å². The second-order valence-corrected chi connectivity index (χ2v) is 6.83. The fourth-order valence-electron chi connectivity index (χ4n) is 3.29. The first-order valence-electron chi connectivity index (χ1n) is 8.35. The lowest BCUT2D eigenvalue weighted by Crippen LogP contribution is -2.46. The van der Waals surface area contributed by atoms with Crippen molar-refractivity contribution in [1.82, 2.24) is 9.80 Å². The second-order valence-electron chi connectivity index (χ2n) is 6.39. The summed E-state index contributed by atoms with van der Waals surface area (Å²) in [5.41, 5.74) is 6.04. The quantitative estimate of drug-likeness (QED) is 0.873. The summed E-state index contributed by atoms with van der Waals surface area (Å²) >= 11 is 5.98. The first-order valence-corrected chi connectivity index (χ1v) is 8.72. The van der Waals surface area contributed by atoms with Crippen molar-refractivity contribution >= 4 is 35.1 Å². The highest BCUT2D eigenvalue weighted by atomic mass is 35.5. The molecule has 0 aliphatic carbocycles. The standard InChI is InChI=1S/C17H21ClN4O3/c18-13-2-1-3-14(10-13)22-9-8-21(17(22)25)11-15(23)20-6-4-12(5-7-20)16(19)24/h1-3,10,12H,4-9,11H2,(H2,19,24). The molecule has 7 nitrogen and oxygen atoms in total. The number of rotatable bonds is 4. The van der Waals surface area contributed by atoms with Gasteiger partial charge in [0.1, 0.15) is 6.54 Å². The van der Waals surface area contributed by atoms with E-state index >= 15 is 0 Å². The molecule has 1 aromatic carbocycles. The van der Waals surface area contributed by atoms with E-state index < -0.39 is 0 Å². The molecule has 134 valence electrons. The molecule has 2 fully saturated rings. The van der Waals surface area contributed by atoms with Gasteiger partial charge in [-0.3, -0.25) is 14.5 Å². The molecule has 0 spiro atoms. The molecule has 25 heavy (non-hydrogen) atoms. The molecule has 3 rings (SSSR count). The molecule has 2 heterocycles. The number of piperidine rings is 1. The molecule has 4 amide bonds. The number of nitrogens with zero attached hydrogens (tertiary/aromatic N) is 3. The van der Waals surface area contributed by atoms with Gasteiger partial charge in [-0.1, -0.05) is 17.7 Å². The second kappa shape index (κ2) is 7.31. The largest absolute Gasteiger partial charge is 0.369 e. The van der Waals surface area contributed by atoms with Crippen LogP contribution >= 0.6 is 11.6 Å². The SMILES string of the molecule is NC(=O)C1CCN(C(=O)CN2CCN(c3cccc(Cl)c3)C2=O)CC1. The summed E-state index contributed by atoms with van der Waals surface area (Å²) in [6.07, 6.45) is 1.17. The van der Waals surface area contributed by atoms with Gasteiger partial charge in [-0.05, 0) is 31.0 Å². The number of halogens is 1. The Kier molecular flexibility index (Phi) is 5.13. The number of carbonyl (C=O) groups is 3. The van der Waals surface area contributed by atoms with Gasteiger partial charge in [0.2, 0.25) is 11.8 Å². The zero-order valence-electron chi connectivity index (χ0n) is 13.9. The minimum atomic E-state index is -0.306. The summed E-state index contributed by atoms with van der Waals surface area (Å²) in [6, 6.07) is 6.91. The van der Waals surface area contributed by atoms with Crippen molar-refractivity contribution in [3.05, 3.63) is 29.3 Å². The van der Waals surface area contributed by atoms with Gasteiger partial charge in [0, 0.05) is 42.8 Å². The van der Waals surface area contributed by atoms with Gasteiger partial charge in [0.25, 0.3) is 0 Å². The number of urea groups is 1. The van der Waals surface area contributed by atoms with E-state index in [9.17, 15) is 14.4 Å². The van der Waals surface area contributed by atoms with Crippen molar-refractivity contribution < 1.29 is 14.4 Å². The highest BCUT2D eigenvalue weighted by Crippen LogP contribution is 2.24. The van der Waals surface area contributed by atoms with Crippen molar-refractivity contribution in [2.75, 3.05) is 37.6 Å². The Balaban J connectivity index is 1.56. The van der Waals surface area contributed by atoms with Crippen LogP contribution in [0.3, 0.4) is 0 Å². The number of amides is 4. The molecule has 8 heteroatoms. The molecular weight excluding hydrogens is 344 g/mol. The third-order valence-corrected chi connectivity index (χ3v) is 5.03. The fraction of sp³-hybridized carbons (Fsp3) is 0.471. The monoisotopic (exact) mass is 364 g/mol. The van der Waals surface area contributed by atoms with Crippen LogP contribution in [0.1, 0.15) is 12.8 Å². The van der Waals surface area contributed by atoms with Crippen LogP contribution in [0.25, 0.3) is 0 Å². The van der Waals surface area contributed by atoms with Crippen LogP contribution in [0.5, 0.6) is 0 Å². The maximum absolute atomic E-state index is 12.6. The van der Waals surface area contributed by atoms with E-state index in [0.29, 0.717) is 44.0 Å². The fourth-order valence-corrected chi connectivity index (χ4v) is 3.47. The van der Waals surface area contributed by atoms with Crippen molar-refractivity contribution in [1.29, 1.82) is 0 Å². The summed E-state index contributed by atoms with van der Waals surface area (Å²) in [4.78, 5) is 41.1. The Morgan fingerprint density at radius 3 is 2.52 bits per heavy atom. The van der Waals surface area contributed by atoms with Crippen molar-refractivity contribution in [2.24, 2.45) is 11.7 Å². The molecule has 0 unspecified atom stereocenters. The molecule has 1 aromatic rings. The number of hydrogen-bond acceptors (Lipinski definition) is 3. The Hall–Kier alpha value is -2.28. The number of anilines is 1. The number of benzene rings is 1.